The molecule has 11 rings (SSSR count). The Labute approximate surface area is 645 Å². The van der Waals surface area contributed by atoms with Crippen LogP contribution in [0.25, 0.3) is 55.0 Å². The first-order chi connectivity index (χ1) is 48.8. The zero-order chi connectivity index (χ0) is 78.0. The van der Waals surface area contributed by atoms with Crippen molar-refractivity contribution in [2.45, 2.75) is 269 Å². The fourth-order valence-electron chi connectivity index (χ4n) is 12.8. The predicted molar refractivity (Wildman–Crippen MR) is 458 cm³/mol. The molecule has 0 N–H and O–H groups in total. The maximum absolute atomic E-state index is 7.28. The third kappa shape index (κ3) is 19.6. The van der Waals surface area contributed by atoms with E-state index in [1.807, 2.05) is 72.8 Å². The first-order valence-corrected chi connectivity index (χ1v) is 40.8. The van der Waals surface area contributed by atoms with Gasteiger partial charge in [0.1, 0.15) is 51.1 Å². The van der Waals surface area contributed by atoms with Crippen LogP contribution in [0.15, 0.2) is 193 Å². The van der Waals surface area contributed by atoms with Crippen molar-refractivity contribution in [1.82, 2.24) is 0 Å². The molecule has 0 radical (unpaired) electrons. The predicted octanol–water partition coefficient (Wildman–Crippen LogP) is 31.3. The molecule has 0 saturated carbocycles. The van der Waals surface area contributed by atoms with E-state index in [0.29, 0.717) is 33.8 Å². The second-order valence-corrected chi connectivity index (χ2v) is 41.9. The van der Waals surface area contributed by atoms with Gasteiger partial charge in [-0.25, -0.2) is 0 Å². The zero-order valence-electron chi connectivity index (χ0n) is 69.3. The summed E-state index contributed by atoms with van der Waals surface area (Å²) in [6, 6.07) is 61.0. The minimum Gasteiger partial charge on any atom is -0.408 e. The van der Waals surface area contributed by atoms with Crippen molar-refractivity contribution >= 4 is 69.0 Å². The summed E-state index contributed by atoms with van der Waals surface area (Å²) >= 11 is 0. The Hall–Kier alpha value is -7.79. The fraction of sp³-hybridized carbons (Fsp3) is 0.432. The molecule has 12 heteroatoms. The van der Waals surface area contributed by atoms with E-state index in [1.165, 1.54) is 27.8 Å². The maximum Gasteiger partial charge on any atom is 0.530 e. The Bertz CT molecular complexity index is 4590. The molecule has 572 valence electrons. The lowest BCUT2D eigenvalue weighted by atomic mass is 9.75. The van der Waals surface area contributed by atoms with Crippen LogP contribution in [0.3, 0.4) is 0 Å². The molecule has 0 unspecified atom stereocenters. The summed E-state index contributed by atoms with van der Waals surface area (Å²) < 4.78 is 62.2. The van der Waals surface area contributed by atoms with Crippen molar-refractivity contribution in [2.24, 2.45) is 0 Å². The van der Waals surface area contributed by atoms with Crippen LogP contribution in [0, 0.1) is 0 Å². The van der Waals surface area contributed by atoms with Gasteiger partial charge in [0.15, 0.2) is 0 Å². The summed E-state index contributed by atoms with van der Waals surface area (Å²) in [5.41, 5.74) is 14.7. The van der Waals surface area contributed by atoms with Crippen molar-refractivity contribution < 1.29 is 39.4 Å². The Morgan fingerprint density at radius 3 is 0.673 bits per heavy atom. The van der Waals surface area contributed by atoms with E-state index in [9.17, 15) is 0 Å². The highest BCUT2D eigenvalue weighted by Crippen LogP contribution is 2.56. The molecule has 107 heavy (non-hydrogen) atoms. The molecule has 0 atom stereocenters. The number of hydrogen-bond donors (Lipinski definition) is 0. The van der Waals surface area contributed by atoms with Crippen LogP contribution in [0.5, 0.6) is 28.7 Å². The molecule has 11 aromatic rings. The molecule has 0 spiro atoms. The monoisotopic (exact) mass is 1500 g/mol. The van der Waals surface area contributed by atoms with Crippen LogP contribution >= 0.6 is 25.1 Å². The Kier molecular flexibility index (Phi) is 23.8. The summed E-state index contributed by atoms with van der Waals surface area (Å²) in [7, 11) is -5.87. The van der Waals surface area contributed by atoms with Gasteiger partial charge < -0.3 is 39.4 Å². The second-order valence-electron chi connectivity index (χ2n) is 38.9. The fourth-order valence-corrected chi connectivity index (χ4v) is 16.0. The quantitative estimate of drug-likeness (QED) is 0.117. The average Bonchev–Trinajstić information content (AvgIpc) is 0.916. The number of benzene rings is 9. The lowest BCUT2D eigenvalue weighted by Crippen LogP contribution is -2.20. The van der Waals surface area contributed by atoms with Gasteiger partial charge in [0.05, 0.1) is 0 Å². The first kappa shape index (κ1) is 83.3. The van der Waals surface area contributed by atoms with Crippen LogP contribution in [0.2, 0.25) is 0 Å². The van der Waals surface area contributed by atoms with Gasteiger partial charge in [0, 0.05) is 60.5 Å². The van der Waals surface area contributed by atoms with E-state index in [2.05, 4.69) is 311 Å². The van der Waals surface area contributed by atoms with Crippen molar-refractivity contribution in [1.29, 1.82) is 0 Å². The Balaban J connectivity index is 0.000000254. The number of para-hydroxylation sites is 4. The van der Waals surface area contributed by atoms with Gasteiger partial charge >= 0.3 is 25.1 Å². The summed E-state index contributed by atoms with van der Waals surface area (Å²) in [6.07, 6.45) is 0. The number of rotatable bonds is 11. The minimum absolute atomic E-state index is 0. The van der Waals surface area contributed by atoms with E-state index in [-0.39, 0.29) is 61.6 Å². The summed E-state index contributed by atoms with van der Waals surface area (Å²) in [4.78, 5) is 0. The minimum atomic E-state index is -1.99. The van der Waals surface area contributed by atoms with Gasteiger partial charge in [-0.1, -0.05) is 336 Å². The van der Waals surface area contributed by atoms with Gasteiger partial charge in [0.2, 0.25) is 0 Å². The lowest BCUT2D eigenvalue weighted by molar-refractivity contribution is 0.371. The number of hydrogen-bond acceptors (Lipinski definition) is 9. The van der Waals surface area contributed by atoms with Crippen molar-refractivity contribution in [3.05, 3.63) is 232 Å². The molecule has 9 aromatic carbocycles. The molecule has 0 fully saturated rings. The van der Waals surface area contributed by atoms with Crippen LogP contribution in [0.4, 0.5) is 0 Å². The highest BCUT2D eigenvalue weighted by Gasteiger charge is 2.37. The van der Waals surface area contributed by atoms with Crippen LogP contribution in [-0.4, -0.2) is 0 Å². The standard InChI is InChI=1S/C52H56O6P2.C42H63O3P.CH4/c1-49(2,3)33-29-39(47(41(31-33)51(7,8)9)57-59-53-43-25-17-13-21-35(43)36-22-14-18-26-44(36)54-59)40-30-34(50(4,5)6)32-42(52(10,11)12)48(40)58-60-55-45-27-19-15-23-37(45)38-24-16-20-28-46(38)56-60;1-37(2,3)28-19-22-34(31(25-28)40(10,11)12)43-46(44-35-23-20-29(38(4,5)6)26-32(35)41(13,14)15)45-36-24-21-30(39(7,8)9)27-33(36)42(16,17)18;/h13-32H,1-12H3;19-27H,1-18H3;1H4. The van der Waals surface area contributed by atoms with Gasteiger partial charge in [-0.3, -0.25) is 0 Å². The molecule has 9 nitrogen and oxygen atoms in total. The molecular formula is C95H123O9P3. The van der Waals surface area contributed by atoms with E-state index in [0.717, 1.165) is 77.7 Å². The van der Waals surface area contributed by atoms with Crippen LogP contribution < -0.4 is 22.6 Å². The molecular weight excluding hydrogens is 1380 g/mol. The molecule has 2 aromatic heterocycles. The van der Waals surface area contributed by atoms with E-state index in [4.69, 9.17) is 39.4 Å². The highest BCUT2D eigenvalue weighted by atomic mass is 31.2. The average molecular weight is 1500 g/mol. The second kappa shape index (κ2) is 30.6. The molecule has 0 aliphatic heterocycles. The zero-order valence-corrected chi connectivity index (χ0v) is 71.9. The SMILES string of the molecule is C.CC(C)(C)c1cc(-c2cc(C(C)(C)C)cc(C(C)(C)C)c2Op2oc3ccccc3c3ccccc3o2)c(Op2oc3ccccc3c3ccccc3o2)c(C(C)(C)C)c1.CC(C)(C)c1ccc(OP(Oc2ccc(C(C)(C)C)cc2C(C)(C)C)Oc2ccc(C(C)(C)C)cc2C(C)(C)C)c(C(C)(C)C)c1. The molecule has 2 heterocycles. The van der Waals surface area contributed by atoms with E-state index < -0.39 is 25.1 Å². The summed E-state index contributed by atoms with van der Waals surface area (Å²) in [5, 5.41) is 3.83. The molecule has 0 aliphatic carbocycles. The van der Waals surface area contributed by atoms with Gasteiger partial charge in [-0.2, -0.15) is 0 Å². The smallest absolute Gasteiger partial charge is 0.408 e. The van der Waals surface area contributed by atoms with E-state index in [1.54, 1.807) is 0 Å². The van der Waals surface area contributed by atoms with Gasteiger partial charge in [-0.05, 0) is 137 Å². The normalized spacial score (nSPS) is 13.0. The largest absolute Gasteiger partial charge is 0.530 e. The van der Waals surface area contributed by atoms with Crippen LogP contribution in [0.1, 0.15) is 271 Å². The first-order valence-electron chi connectivity index (χ1n) is 37.6. The highest BCUT2D eigenvalue weighted by molar-refractivity contribution is 7.43. The van der Waals surface area contributed by atoms with Gasteiger partial charge in [-0.15, -0.1) is 0 Å². The molecule has 0 aliphatic rings. The van der Waals surface area contributed by atoms with E-state index >= 15 is 0 Å². The van der Waals surface area contributed by atoms with Crippen molar-refractivity contribution in [3.8, 4) is 39.9 Å². The molecule has 0 amide bonds. The number of fused-ring (bicyclic) bond motifs is 6. The van der Waals surface area contributed by atoms with Crippen molar-refractivity contribution in [2.75, 3.05) is 0 Å². The van der Waals surface area contributed by atoms with Crippen LogP contribution in [-0.2, 0) is 54.1 Å². The van der Waals surface area contributed by atoms with Gasteiger partial charge in [0.25, 0.3) is 0 Å². The summed E-state index contributed by atoms with van der Waals surface area (Å²) in [5.74, 6) is 3.73. The Morgan fingerprint density at radius 1 is 0.243 bits per heavy atom. The topological polar surface area (TPSA) is 98.7 Å². The Morgan fingerprint density at radius 2 is 0.458 bits per heavy atom. The molecule has 0 saturated heterocycles. The maximum atomic E-state index is 7.28. The lowest BCUT2D eigenvalue weighted by Gasteiger charge is -2.31. The third-order valence-corrected chi connectivity index (χ3v) is 22.5. The third-order valence-electron chi connectivity index (χ3n) is 19.4. The summed E-state index contributed by atoms with van der Waals surface area (Å²) in [6.45, 7) is 67.2. The molecule has 0 bridgehead atoms. The van der Waals surface area contributed by atoms with Crippen molar-refractivity contribution in [3.63, 3.8) is 0 Å².